The highest BCUT2D eigenvalue weighted by Gasteiger charge is 2.21. The van der Waals surface area contributed by atoms with Crippen molar-refractivity contribution in [2.75, 3.05) is 32.1 Å². The largest absolute Gasteiger partial charge is 0.489 e. The van der Waals surface area contributed by atoms with Gasteiger partial charge in [-0.1, -0.05) is 30.3 Å². The third kappa shape index (κ3) is 4.71. The Hall–Kier alpha value is -3.12. The van der Waals surface area contributed by atoms with E-state index >= 15 is 0 Å². The fraction of sp³-hybridized carbons (Fsp3) is 0.333. The molecule has 0 bridgehead atoms. The molecule has 0 radical (unpaired) electrons. The molecule has 1 fully saturated rings. The van der Waals surface area contributed by atoms with Crippen molar-refractivity contribution in [2.24, 2.45) is 0 Å². The molecule has 0 saturated carbocycles. The van der Waals surface area contributed by atoms with Crippen LogP contribution in [-0.2, 0) is 6.61 Å². The summed E-state index contributed by atoms with van der Waals surface area (Å²) < 4.78 is 7.34. The van der Waals surface area contributed by atoms with Gasteiger partial charge in [-0.3, -0.25) is 9.36 Å². The van der Waals surface area contributed by atoms with Crippen molar-refractivity contribution in [3.63, 3.8) is 0 Å². The van der Waals surface area contributed by atoms with Crippen LogP contribution in [0.25, 0.3) is 5.69 Å². The Morgan fingerprint density at radius 1 is 1.07 bits per heavy atom. The molecule has 1 aliphatic rings. The van der Waals surface area contributed by atoms with E-state index in [1.165, 1.54) is 6.07 Å². The van der Waals surface area contributed by atoms with Crippen LogP contribution in [0, 0.1) is 0 Å². The van der Waals surface area contributed by atoms with Crippen molar-refractivity contribution < 1.29 is 4.74 Å². The van der Waals surface area contributed by atoms with Gasteiger partial charge in [-0.05, 0) is 50.7 Å². The Morgan fingerprint density at radius 2 is 1.83 bits per heavy atom. The fourth-order valence-electron chi connectivity index (χ4n) is 3.82. The fourth-order valence-corrected chi connectivity index (χ4v) is 3.82. The van der Waals surface area contributed by atoms with Gasteiger partial charge in [0.2, 0.25) is 0 Å². The Kier molecular flexibility index (Phi) is 6.14. The second-order valence-electron chi connectivity index (χ2n) is 7.90. The van der Waals surface area contributed by atoms with Crippen LogP contribution < -0.4 is 15.2 Å². The van der Waals surface area contributed by atoms with Crippen LogP contribution in [0.5, 0.6) is 5.75 Å². The highest BCUT2D eigenvalue weighted by Crippen LogP contribution is 2.21. The number of hydrogen-bond acceptors (Lipinski definition) is 5. The first-order chi connectivity index (χ1) is 14.6. The molecule has 1 aromatic carbocycles. The highest BCUT2D eigenvalue weighted by atomic mass is 16.5. The van der Waals surface area contributed by atoms with Crippen LogP contribution in [0.2, 0.25) is 0 Å². The molecule has 2 aromatic heterocycles. The zero-order valence-electron chi connectivity index (χ0n) is 17.6. The molecule has 0 N–H and O–H groups in total. The van der Waals surface area contributed by atoms with Crippen molar-refractivity contribution >= 4 is 5.82 Å². The van der Waals surface area contributed by atoms with Gasteiger partial charge in [0.15, 0.2) is 0 Å². The zero-order chi connectivity index (χ0) is 20.9. The lowest BCUT2D eigenvalue weighted by atomic mass is 10.0. The molecule has 3 aromatic rings. The number of ether oxygens (including phenoxy) is 1. The molecule has 1 aliphatic heterocycles. The molecule has 156 valence electrons. The van der Waals surface area contributed by atoms with E-state index in [9.17, 15) is 4.79 Å². The minimum absolute atomic E-state index is 0.137. The molecule has 1 saturated heterocycles. The number of piperidine rings is 1. The predicted octanol–water partition coefficient (Wildman–Crippen LogP) is 3.34. The first-order valence-electron chi connectivity index (χ1n) is 10.4. The van der Waals surface area contributed by atoms with E-state index in [0.29, 0.717) is 18.4 Å². The molecule has 3 heterocycles. The van der Waals surface area contributed by atoms with E-state index in [2.05, 4.69) is 28.9 Å². The minimum Gasteiger partial charge on any atom is -0.489 e. The summed E-state index contributed by atoms with van der Waals surface area (Å²) in [6, 6.07) is 17.8. The molecular formula is C24H28N4O2. The third-order valence-electron chi connectivity index (χ3n) is 5.67. The van der Waals surface area contributed by atoms with Crippen LogP contribution in [0.1, 0.15) is 18.4 Å². The Balaban J connectivity index is 1.41. The van der Waals surface area contributed by atoms with Crippen LogP contribution in [0.4, 0.5) is 5.82 Å². The summed E-state index contributed by atoms with van der Waals surface area (Å²) in [5.41, 5.74) is 1.68. The van der Waals surface area contributed by atoms with Crippen molar-refractivity contribution in [3.8, 4) is 11.4 Å². The van der Waals surface area contributed by atoms with Crippen LogP contribution in [0.3, 0.4) is 0 Å². The van der Waals surface area contributed by atoms with Gasteiger partial charge in [0.25, 0.3) is 5.56 Å². The average Bonchev–Trinajstić information content (AvgIpc) is 2.79. The molecule has 0 spiro atoms. The van der Waals surface area contributed by atoms with Gasteiger partial charge in [0.05, 0.1) is 11.9 Å². The quantitative estimate of drug-likeness (QED) is 0.631. The van der Waals surface area contributed by atoms with Crippen LogP contribution in [0.15, 0.2) is 71.8 Å². The summed E-state index contributed by atoms with van der Waals surface area (Å²) in [4.78, 5) is 21.8. The maximum Gasteiger partial charge on any atom is 0.258 e. The van der Waals surface area contributed by atoms with Gasteiger partial charge in [-0.15, -0.1) is 0 Å². The number of anilines is 1. The predicted molar refractivity (Wildman–Crippen MR) is 120 cm³/mol. The smallest absolute Gasteiger partial charge is 0.258 e. The summed E-state index contributed by atoms with van der Waals surface area (Å²) in [5.74, 6) is 1.53. The monoisotopic (exact) mass is 404 g/mol. The molecule has 0 aliphatic carbocycles. The average molecular weight is 405 g/mol. The summed E-state index contributed by atoms with van der Waals surface area (Å²) in [7, 11) is 4.28. The van der Waals surface area contributed by atoms with E-state index in [1.54, 1.807) is 17.0 Å². The second-order valence-corrected chi connectivity index (χ2v) is 7.90. The standard InChI is InChI=1S/C24H28N4O2/c1-26(2)20-10-13-27(14-11-20)23-9-8-21(17-25-23)28-15-12-22(16-24(28)29)30-18-19-6-4-3-5-7-19/h3-9,12,15-17,20H,10-11,13-14,18H2,1-2H3. The lowest BCUT2D eigenvalue weighted by molar-refractivity contribution is 0.249. The van der Waals surface area contributed by atoms with E-state index in [4.69, 9.17) is 4.74 Å². The number of benzene rings is 1. The van der Waals surface area contributed by atoms with E-state index in [-0.39, 0.29) is 5.56 Å². The van der Waals surface area contributed by atoms with Gasteiger partial charge >= 0.3 is 0 Å². The molecule has 6 nitrogen and oxygen atoms in total. The van der Waals surface area contributed by atoms with Gasteiger partial charge < -0.3 is 14.5 Å². The number of hydrogen-bond donors (Lipinski definition) is 0. The SMILES string of the molecule is CN(C)C1CCN(c2ccc(-n3ccc(OCc4ccccc4)cc3=O)cn2)CC1. The van der Waals surface area contributed by atoms with E-state index in [0.717, 1.165) is 43.0 Å². The van der Waals surface area contributed by atoms with Gasteiger partial charge in [0.1, 0.15) is 18.2 Å². The van der Waals surface area contributed by atoms with Gasteiger partial charge in [-0.25, -0.2) is 4.98 Å². The Bertz CT molecular complexity index is 1010. The lowest BCUT2D eigenvalue weighted by Gasteiger charge is -2.35. The van der Waals surface area contributed by atoms with Gasteiger partial charge in [0, 0.05) is 31.4 Å². The van der Waals surface area contributed by atoms with Crippen molar-refractivity contribution in [3.05, 3.63) is 82.9 Å². The number of pyridine rings is 2. The molecular weight excluding hydrogens is 376 g/mol. The van der Waals surface area contributed by atoms with Crippen molar-refractivity contribution in [1.29, 1.82) is 0 Å². The number of nitrogens with zero attached hydrogens (tertiary/aromatic N) is 4. The third-order valence-corrected chi connectivity index (χ3v) is 5.67. The van der Waals surface area contributed by atoms with E-state index in [1.807, 2.05) is 48.5 Å². The summed E-state index contributed by atoms with van der Waals surface area (Å²) in [5, 5.41) is 0. The Labute approximate surface area is 177 Å². The van der Waals surface area contributed by atoms with Crippen LogP contribution >= 0.6 is 0 Å². The first-order valence-corrected chi connectivity index (χ1v) is 10.4. The minimum atomic E-state index is -0.137. The number of rotatable bonds is 6. The highest BCUT2D eigenvalue weighted by molar-refractivity contribution is 5.44. The molecule has 4 rings (SSSR count). The zero-order valence-corrected chi connectivity index (χ0v) is 17.6. The molecule has 30 heavy (non-hydrogen) atoms. The Morgan fingerprint density at radius 3 is 2.47 bits per heavy atom. The second kappa shape index (κ2) is 9.13. The topological polar surface area (TPSA) is 50.6 Å². The van der Waals surface area contributed by atoms with Crippen molar-refractivity contribution in [2.45, 2.75) is 25.5 Å². The normalized spacial score (nSPS) is 14.8. The number of aromatic nitrogens is 2. The summed E-state index contributed by atoms with van der Waals surface area (Å²) in [6.07, 6.45) is 5.78. The van der Waals surface area contributed by atoms with Crippen LogP contribution in [-0.4, -0.2) is 47.7 Å². The van der Waals surface area contributed by atoms with Crippen molar-refractivity contribution in [1.82, 2.24) is 14.5 Å². The molecule has 0 atom stereocenters. The molecule has 0 unspecified atom stereocenters. The van der Waals surface area contributed by atoms with Gasteiger partial charge in [-0.2, -0.15) is 0 Å². The molecule has 0 amide bonds. The summed E-state index contributed by atoms with van der Waals surface area (Å²) in [6.45, 7) is 2.44. The first kappa shape index (κ1) is 20.2. The lowest BCUT2D eigenvalue weighted by Crippen LogP contribution is -2.42. The van der Waals surface area contributed by atoms with E-state index < -0.39 is 0 Å². The maximum atomic E-state index is 12.6. The maximum absolute atomic E-state index is 12.6. The molecule has 6 heteroatoms. The summed E-state index contributed by atoms with van der Waals surface area (Å²) >= 11 is 0.